The normalized spacial score (nSPS) is 10.5. The van der Waals surface area contributed by atoms with Crippen LogP contribution in [0.15, 0.2) is 40.0 Å². The van der Waals surface area contributed by atoms with Crippen LogP contribution < -0.4 is 0 Å². The minimum absolute atomic E-state index is 0.840. The highest BCUT2D eigenvalue weighted by Crippen LogP contribution is 2.24. The Bertz CT molecular complexity index is 491. The Kier molecular flexibility index (Phi) is 4.18. The predicted octanol–water partition coefficient (Wildman–Crippen LogP) is 4.15. The number of rotatable bonds is 3. The summed E-state index contributed by atoms with van der Waals surface area (Å²) in [6.45, 7) is 3.98. The quantitative estimate of drug-likeness (QED) is 0.629. The second-order valence-electron chi connectivity index (χ2n) is 3.77. The van der Waals surface area contributed by atoms with Gasteiger partial charge in [0.05, 0.1) is 15.9 Å². The molecule has 0 N–H and O–H groups in total. The first-order valence-electron chi connectivity index (χ1n) is 5.34. The van der Waals surface area contributed by atoms with Gasteiger partial charge in [0.25, 0.3) is 0 Å². The molecular weight excluding hydrogens is 296 g/mol. The van der Waals surface area contributed by atoms with Gasteiger partial charge in [0, 0.05) is 5.75 Å². The molecule has 0 aliphatic carbocycles. The summed E-state index contributed by atoms with van der Waals surface area (Å²) in [5.41, 5.74) is 3.28. The molecule has 0 bridgehead atoms. The minimum atomic E-state index is 0.840. The molecule has 0 fully saturated rings. The van der Waals surface area contributed by atoms with Gasteiger partial charge < -0.3 is 0 Å². The number of nitrogens with zero attached hydrogens (tertiary/aromatic N) is 2. The summed E-state index contributed by atoms with van der Waals surface area (Å²) in [6.07, 6.45) is 0. The molecule has 0 spiro atoms. The maximum atomic E-state index is 4.45. The summed E-state index contributed by atoms with van der Waals surface area (Å²) in [5.74, 6) is 0.904. The molecule has 0 unspecified atom stereocenters. The molecule has 0 radical (unpaired) electrons. The molecule has 2 rings (SSSR count). The van der Waals surface area contributed by atoms with Crippen LogP contribution >= 0.6 is 27.7 Å². The zero-order valence-electron chi connectivity index (χ0n) is 9.77. The van der Waals surface area contributed by atoms with Crippen LogP contribution in [0, 0.1) is 13.8 Å². The van der Waals surface area contributed by atoms with Crippen LogP contribution in [0.5, 0.6) is 0 Å². The van der Waals surface area contributed by atoms with Crippen molar-refractivity contribution < 1.29 is 0 Å². The second-order valence-corrected chi connectivity index (χ2v) is 5.50. The maximum Gasteiger partial charge on any atom is 0.188 e. The molecule has 0 saturated heterocycles. The molecule has 1 heterocycles. The van der Waals surface area contributed by atoms with Crippen molar-refractivity contribution in [3.63, 3.8) is 0 Å². The third kappa shape index (κ3) is 3.30. The van der Waals surface area contributed by atoms with E-state index < -0.39 is 0 Å². The molecule has 1 aromatic heterocycles. The Morgan fingerprint density at radius 3 is 2.24 bits per heavy atom. The van der Waals surface area contributed by atoms with Crippen molar-refractivity contribution in [3.8, 4) is 0 Å². The fourth-order valence-electron chi connectivity index (χ4n) is 1.46. The van der Waals surface area contributed by atoms with Gasteiger partial charge >= 0.3 is 0 Å². The number of aromatic nitrogens is 2. The van der Waals surface area contributed by atoms with Crippen LogP contribution in [0.3, 0.4) is 0 Å². The fourth-order valence-corrected chi connectivity index (χ4v) is 2.53. The van der Waals surface area contributed by atoms with Crippen molar-refractivity contribution in [1.82, 2.24) is 9.97 Å². The maximum absolute atomic E-state index is 4.45. The number of aryl methyl sites for hydroxylation is 2. The Labute approximate surface area is 114 Å². The van der Waals surface area contributed by atoms with Crippen molar-refractivity contribution in [1.29, 1.82) is 0 Å². The van der Waals surface area contributed by atoms with Gasteiger partial charge in [-0.25, -0.2) is 9.97 Å². The zero-order valence-corrected chi connectivity index (χ0v) is 12.2. The van der Waals surface area contributed by atoms with Gasteiger partial charge in [-0.05, 0) is 35.3 Å². The van der Waals surface area contributed by atoms with Crippen molar-refractivity contribution >= 4 is 27.7 Å². The first-order valence-corrected chi connectivity index (χ1v) is 7.12. The Morgan fingerprint density at radius 2 is 1.65 bits per heavy atom. The number of hydrogen-bond acceptors (Lipinski definition) is 3. The summed E-state index contributed by atoms with van der Waals surface area (Å²) in [4.78, 5) is 8.91. The van der Waals surface area contributed by atoms with Crippen LogP contribution in [0.2, 0.25) is 0 Å². The lowest BCUT2D eigenvalue weighted by atomic mass is 10.2. The van der Waals surface area contributed by atoms with E-state index >= 15 is 0 Å². The van der Waals surface area contributed by atoms with E-state index in [1.807, 2.05) is 19.9 Å². The standard InChI is InChI=1S/C13H13BrN2S/c1-9-12(14)10(2)16-13(15-9)17-8-11-6-4-3-5-7-11/h3-7H,8H2,1-2H3. The molecule has 0 saturated carbocycles. The van der Waals surface area contributed by atoms with Crippen LogP contribution in [0.25, 0.3) is 0 Å². The molecule has 0 aliphatic heterocycles. The lowest BCUT2D eigenvalue weighted by Crippen LogP contribution is -1.95. The summed E-state index contributed by atoms with van der Waals surface area (Å²) in [7, 11) is 0. The fraction of sp³-hybridized carbons (Fsp3) is 0.231. The molecule has 17 heavy (non-hydrogen) atoms. The van der Waals surface area contributed by atoms with Crippen LogP contribution in [-0.4, -0.2) is 9.97 Å². The van der Waals surface area contributed by atoms with Gasteiger partial charge in [0.2, 0.25) is 0 Å². The molecule has 4 heteroatoms. The number of benzene rings is 1. The summed E-state index contributed by atoms with van der Waals surface area (Å²) < 4.78 is 1.00. The van der Waals surface area contributed by atoms with Gasteiger partial charge in [0.15, 0.2) is 5.16 Å². The largest absolute Gasteiger partial charge is 0.227 e. The minimum Gasteiger partial charge on any atom is -0.227 e. The SMILES string of the molecule is Cc1nc(SCc2ccccc2)nc(C)c1Br. The van der Waals surface area contributed by atoms with Gasteiger partial charge in [-0.3, -0.25) is 0 Å². The molecule has 2 nitrogen and oxygen atoms in total. The van der Waals surface area contributed by atoms with Crippen LogP contribution in [-0.2, 0) is 5.75 Å². The zero-order chi connectivity index (χ0) is 12.3. The molecule has 1 aromatic carbocycles. The van der Waals surface area contributed by atoms with E-state index in [2.05, 4.69) is 50.2 Å². The molecule has 0 atom stereocenters. The van der Waals surface area contributed by atoms with Crippen molar-refractivity contribution in [2.45, 2.75) is 24.8 Å². The lowest BCUT2D eigenvalue weighted by molar-refractivity contribution is 0.890. The molecule has 2 aromatic rings. The first kappa shape index (κ1) is 12.6. The molecule has 0 amide bonds. The highest BCUT2D eigenvalue weighted by atomic mass is 79.9. The van der Waals surface area contributed by atoms with E-state index in [9.17, 15) is 0 Å². The first-order chi connectivity index (χ1) is 8.16. The Morgan fingerprint density at radius 1 is 1.06 bits per heavy atom. The topological polar surface area (TPSA) is 25.8 Å². The van der Waals surface area contributed by atoms with Gasteiger partial charge in [-0.15, -0.1) is 0 Å². The van der Waals surface area contributed by atoms with Crippen molar-refractivity contribution in [3.05, 3.63) is 51.8 Å². The Hall–Kier alpha value is -0.870. The Balaban J connectivity index is 2.10. The van der Waals surface area contributed by atoms with E-state index in [1.165, 1.54) is 5.56 Å². The third-order valence-electron chi connectivity index (χ3n) is 2.37. The molecule has 0 aliphatic rings. The summed E-state index contributed by atoms with van der Waals surface area (Å²) in [5, 5.41) is 0.840. The number of halogens is 1. The van der Waals surface area contributed by atoms with Gasteiger partial charge in [0.1, 0.15) is 0 Å². The lowest BCUT2D eigenvalue weighted by Gasteiger charge is -2.05. The average molecular weight is 309 g/mol. The molecule has 88 valence electrons. The van der Waals surface area contributed by atoms with E-state index in [0.29, 0.717) is 0 Å². The molecular formula is C13H13BrN2S. The third-order valence-corrected chi connectivity index (χ3v) is 4.44. The summed E-state index contributed by atoms with van der Waals surface area (Å²) in [6, 6.07) is 10.4. The predicted molar refractivity (Wildman–Crippen MR) is 75.2 cm³/mol. The number of thioether (sulfide) groups is 1. The van der Waals surface area contributed by atoms with E-state index in [1.54, 1.807) is 11.8 Å². The van der Waals surface area contributed by atoms with Crippen LogP contribution in [0.4, 0.5) is 0 Å². The highest BCUT2D eigenvalue weighted by molar-refractivity contribution is 9.10. The van der Waals surface area contributed by atoms with Crippen molar-refractivity contribution in [2.24, 2.45) is 0 Å². The average Bonchev–Trinajstić information content (AvgIpc) is 2.34. The highest BCUT2D eigenvalue weighted by Gasteiger charge is 2.06. The number of hydrogen-bond donors (Lipinski definition) is 0. The monoisotopic (exact) mass is 308 g/mol. The van der Waals surface area contributed by atoms with E-state index in [4.69, 9.17) is 0 Å². The smallest absolute Gasteiger partial charge is 0.188 e. The van der Waals surface area contributed by atoms with Crippen LogP contribution in [0.1, 0.15) is 17.0 Å². The van der Waals surface area contributed by atoms with Crippen molar-refractivity contribution in [2.75, 3.05) is 0 Å². The van der Waals surface area contributed by atoms with E-state index in [-0.39, 0.29) is 0 Å². The second kappa shape index (κ2) is 5.65. The van der Waals surface area contributed by atoms with Gasteiger partial charge in [-0.2, -0.15) is 0 Å². The van der Waals surface area contributed by atoms with Gasteiger partial charge in [-0.1, -0.05) is 42.1 Å². The summed E-state index contributed by atoms with van der Waals surface area (Å²) >= 11 is 5.14. The van der Waals surface area contributed by atoms with E-state index in [0.717, 1.165) is 26.8 Å².